The van der Waals surface area contributed by atoms with E-state index < -0.39 is 52.5 Å². The molecule has 2 heterocycles. The van der Waals surface area contributed by atoms with Gasteiger partial charge in [-0.3, -0.25) is 14.5 Å². The molecule has 0 bridgehead atoms. The van der Waals surface area contributed by atoms with Gasteiger partial charge in [0.2, 0.25) is 11.8 Å². The maximum absolute atomic E-state index is 14.2. The first-order valence-electron chi connectivity index (χ1n) is 14.6. The van der Waals surface area contributed by atoms with Gasteiger partial charge in [0.05, 0.1) is 12.6 Å². The second-order valence-corrected chi connectivity index (χ2v) is 14.6. The van der Waals surface area contributed by atoms with Gasteiger partial charge in [-0.15, -0.1) is 0 Å². The van der Waals surface area contributed by atoms with Crippen molar-refractivity contribution in [2.24, 2.45) is 16.7 Å². The number of carboxylic acid groups (broad SMARTS) is 1. The minimum atomic E-state index is -1.27. The topological polar surface area (TPSA) is 116 Å². The van der Waals surface area contributed by atoms with Crippen LogP contribution in [0.15, 0.2) is 24.3 Å². The number of nitrogens with zero attached hydrogens (tertiary/aromatic N) is 2. The number of amides is 3. The number of rotatable bonds is 6. The third-order valence-corrected chi connectivity index (χ3v) is 8.92. The molecule has 1 aromatic rings. The van der Waals surface area contributed by atoms with Crippen molar-refractivity contribution in [1.29, 1.82) is 0 Å². The molecule has 2 aliphatic heterocycles. The van der Waals surface area contributed by atoms with Crippen molar-refractivity contribution < 1.29 is 29.0 Å². The first-order valence-corrected chi connectivity index (χ1v) is 15.0. The monoisotopic (exact) mass is 589 g/mol. The van der Waals surface area contributed by atoms with Gasteiger partial charge < -0.3 is 20.1 Å². The third kappa shape index (κ3) is 6.50. The van der Waals surface area contributed by atoms with Crippen molar-refractivity contribution in [3.05, 3.63) is 29.3 Å². The van der Waals surface area contributed by atoms with Crippen LogP contribution in [-0.4, -0.2) is 64.2 Å². The summed E-state index contributed by atoms with van der Waals surface area (Å²) in [6.45, 7) is 11.3. The third-order valence-electron chi connectivity index (χ3n) is 8.69. The Hall–Kier alpha value is -2.81. The molecule has 3 aliphatic rings. The van der Waals surface area contributed by atoms with Gasteiger partial charge in [0.15, 0.2) is 5.60 Å². The van der Waals surface area contributed by atoms with Crippen LogP contribution in [0.2, 0.25) is 5.02 Å². The lowest BCUT2D eigenvalue weighted by molar-refractivity contribution is -0.150. The molecule has 0 radical (unpaired) electrons. The molecule has 0 aromatic heterocycles. The molecule has 9 nitrogen and oxygen atoms in total. The summed E-state index contributed by atoms with van der Waals surface area (Å²) in [6, 6.07) is 4.13. The molecule has 3 fully saturated rings. The van der Waals surface area contributed by atoms with Crippen LogP contribution in [0.1, 0.15) is 86.5 Å². The van der Waals surface area contributed by atoms with Crippen molar-refractivity contribution in [3.63, 3.8) is 0 Å². The minimum absolute atomic E-state index is 0.0638. The summed E-state index contributed by atoms with van der Waals surface area (Å²) in [5, 5.41) is 13.7. The van der Waals surface area contributed by atoms with E-state index >= 15 is 0 Å². The fourth-order valence-electron chi connectivity index (χ4n) is 6.99. The smallest absolute Gasteiger partial charge is 0.415 e. The predicted molar refractivity (Wildman–Crippen MR) is 157 cm³/mol. The summed E-state index contributed by atoms with van der Waals surface area (Å²) in [5.41, 5.74) is -1.96. The zero-order valence-electron chi connectivity index (χ0n) is 25.0. The van der Waals surface area contributed by atoms with Crippen molar-refractivity contribution in [3.8, 4) is 0 Å². The van der Waals surface area contributed by atoms with E-state index in [9.17, 15) is 24.3 Å². The number of carbonyl (C=O) groups is 4. The molecule has 1 spiro atoms. The summed E-state index contributed by atoms with van der Waals surface area (Å²) in [7, 11) is 0. The summed E-state index contributed by atoms with van der Waals surface area (Å²) < 4.78 is 6.06. The first kappa shape index (κ1) is 31.1. The number of halogens is 1. The maximum Gasteiger partial charge on any atom is 0.415 e. The highest BCUT2D eigenvalue weighted by atomic mass is 35.5. The zero-order chi connectivity index (χ0) is 30.3. The van der Waals surface area contributed by atoms with E-state index in [4.69, 9.17) is 16.3 Å². The Morgan fingerprint density at radius 2 is 1.78 bits per heavy atom. The van der Waals surface area contributed by atoms with Crippen molar-refractivity contribution in [2.45, 2.75) is 110 Å². The van der Waals surface area contributed by atoms with Crippen molar-refractivity contribution in [2.75, 3.05) is 11.4 Å². The molecular formula is C31H44ClN3O6. The van der Waals surface area contributed by atoms with Crippen molar-refractivity contribution in [1.82, 2.24) is 10.2 Å². The molecule has 4 atom stereocenters. The summed E-state index contributed by atoms with van der Waals surface area (Å²) >= 11 is 6.25. The quantitative estimate of drug-likeness (QED) is 0.444. The van der Waals surface area contributed by atoms with E-state index in [1.54, 1.807) is 24.3 Å². The van der Waals surface area contributed by atoms with E-state index in [1.165, 1.54) is 16.2 Å². The summed E-state index contributed by atoms with van der Waals surface area (Å²) in [5.74, 6) is -1.56. The van der Waals surface area contributed by atoms with Gasteiger partial charge in [0.25, 0.3) is 0 Å². The Morgan fingerprint density at radius 3 is 2.34 bits per heavy atom. The summed E-state index contributed by atoms with van der Waals surface area (Å²) in [6.07, 6.45) is 5.07. The van der Waals surface area contributed by atoms with Crippen LogP contribution in [0.25, 0.3) is 0 Å². The molecule has 1 aromatic carbocycles. The highest BCUT2D eigenvalue weighted by Crippen LogP contribution is 2.49. The SMILES string of the molecule is CC(C)(C)C1N(c2cccc(Cl)c2)C(=O)O[C@]12C[C@@H](C(=O)O)N(C(=O)[C@@H](NC(=O)CC1CCCCC1)C(C)(C)C)C2. The second-order valence-electron chi connectivity index (χ2n) is 14.2. The second kappa shape index (κ2) is 11.5. The molecule has 226 valence electrons. The molecular weight excluding hydrogens is 546 g/mol. The van der Waals surface area contributed by atoms with Gasteiger partial charge >= 0.3 is 12.1 Å². The largest absolute Gasteiger partial charge is 0.480 e. The van der Waals surface area contributed by atoms with E-state index in [0.29, 0.717) is 23.0 Å². The number of benzene rings is 1. The van der Waals surface area contributed by atoms with E-state index in [0.717, 1.165) is 25.7 Å². The Labute approximate surface area is 247 Å². The number of hydrogen-bond donors (Lipinski definition) is 2. The number of carboxylic acids is 1. The molecule has 10 heteroatoms. The molecule has 41 heavy (non-hydrogen) atoms. The van der Waals surface area contributed by atoms with Gasteiger partial charge in [-0.25, -0.2) is 9.59 Å². The molecule has 1 unspecified atom stereocenters. The Balaban J connectivity index is 1.65. The van der Waals surface area contributed by atoms with Crippen LogP contribution in [0, 0.1) is 16.7 Å². The number of ether oxygens (including phenoxy) is 1. The van der Waals surface area contributed by atoms with E-state index in [1.807, 2.05) is 41.5 Å². The lowest BCUT2D eigenvalue weighted by atomic mass is 9.74. The number of carbonyl (C=O) groups excluding carboxylic acids is 3. The van der Waals surface area contributed by atoms with Crippen LogP contribution in [0.3, 0.4) is 0 Å². The molecule has 4 rings (SSSR count). The Morgan fingerprint density at radius 1 is 1.12 bits per heavy atom. The van der Waals surface area contributed by atoms with Gasteiger partial charge in [-0.2, -0.15) is 0 Å². The average molecular weight is 590 g/mol. The van der Waals surface area contributed by atoms with Gasteiger partial charge in [0, 0.05) is 23.6 Å². The van der Waals surface area contributed by atoms with Crippen LogP contribution in [-0.2, 0) is 19.1 Å². The van der Waals surface area contributed by atoms with Gasteiger partial charge in [-0.05, 0) is 47.8 Å². The fraction of sp³-hybridized carbons (Fsp3) is 0.677. The maximum atomic E-state index is 14.2. The fourth-order valence-corrected chi connectivity index (χ4v) is 7.17. The standard InChI is InChI=1S/C31H44ClN3O6/c1-29(2,3)24(33-23(36)15-19-11-8-7-9-12-19)25(37)34-18-31(17-22(34)26(38)39)27(30(4,5)6)35(28(40)41-31)21-14-10-13-20(32)16-21/h10,13-14,16,19,22,24,27H,7-9,11-12,15,17-18H2,1-6H3,(H,33,36)(H,38,39)/t22-,24+,27?,31-/m0/s1. The number of aliphatic carboxylic acids is 1. The minimum Gasteiger partial charge on any atom is -0.480 e. The average Bonchev–Trinajstić information content (AvgIpc) is 3.39. The number of anilines is 1. The van der Waals surface area contributed by atoms with Crippen LogP contribution >= 0.6 is 11.6 Å². The van der Waals surface area contributed by atoms with Crippen LogP contribution in [0.5, 0.6) is 0 Å². The highest BCUT2D eigenvalue weighted by Gasteiger charge is 2.65. The normalized spacial score (nSPS) is 26.3. The van der Waals surface area contributed by atoms with Crippen LogP contribution < -0.4 is 10.2 Å². The van der Waals surface area contributed by atoms with E-state index in [2.05, 4.69) is 5.32 Å². The molecule has 2 N–H and O–H groups in total. The number of hydrogen-bond acceptors (Lipinski definition) is 5. The number of likely N-dealkylation sites (tertiary alicyclic amines) is 1. The number of nitrogens with one attached hydrogen (secondary N) is 1. The molecule has 1 aliphatic carbocycles. The Kier molecular flexibility index (Phi) is 8.70. The van der Waals surface area contributed by atoms with Crippen molar-refractivity contribution >= 4 is 41.2 Å². The molecule has 1 saturated carbocycles. The highest BCUT2D eigenvalue weighted by molar-refractivity contribution is 6.30. The lowest BCUT2D eigenvalue weighted by Gasteiger charge is -2.40. The van der Waals surface area contributed by atoms with Gasteiger partial charge in [0.1, 0.15) is 12.1 Å². The summed E-state index contributed by atoms with van der Waals surface area (Å²) in [4.78, 5) is 56.2. The Bertz CT molecular complexity index is 1190. The van der Waals surface area contributed by atoms with Crippen LogP contribution in [0.4, 0.5) is 10.5 Å². The molecule has 2 saturated heterocycles. The molecule has 3 amide bonds. The first-order chi connectivity index (χ1) is 19.0. The zero-order valence-corrected chi connectivity index (χ0v) is 25.8. The lowest BCUT2D eigenvalue weighted by Crippen LogP contribution is -2.58. The van der Waals surface area contributed by atoms with Gasteiger partial charge in [-0.1, -0.05) is 78.5 Å². The predicted octanol–water partition coefficient (Wildman–Crippen LogP) is 5.64. The van der Waals surface area contributed by atoms with E-state index in [-0.39, 0.29) is 18.9 Å².